The van der Waals surface area contributed by atoms with Crippen LogP contribution in [-0.4, -0.2) is 15.4 Å². The number of alkyl halides is 3. The minimum absolute atomic E-state index is 0.00182. The van der Waals surface area contributed by atoms with Crippen molar-refractivity contribution in [1.29, 1.82) is 0 Å². The molecule has 1 heterocycles. The highest BCUT2D eigenvalue weighted by Gasteiger charge is 2.32. The number of fused-ring (bicyclic) bond motifs is 1. The maximum atomic E-state index is 13.0. The second-order valence-corrected chi connectivity index (χ2v) is 7.61. The maximum absolute atomic E-state index is 13.0. The van der Waals surface area contributed by atoms with Gasteiger partial charge in [0.1, 0.15) is 6.33 Å². The fraction of sp³-hybridized carbons (Fsp3) is 0.176. The molecule has 0 aliphatic carbocycles. The van der Waals surface area contributed by atoms with Crippen molar-refractivity contribution in [2.75, 3.05) is 11.2 Å². The summed E-state index contributed by atoms with van der Waals surface area (Å²) in [6.07, 6.45) is -3.46. The Morgan fingerprint density at radius 3 is 2.63 bits per heavy atom. The number of nitrogens with one attached hydrogen (secondary N) is 1. The largest absolute Gasteiger partial charge is 0.416 e. The van der Waals surface area contributed by atoms with E-state index >= 15 is 0 Å². The molecule has 142 valence electrons. The van der Waals surface area contributed by atoms with Crippen molar-refractivity contribution in [2.45, 2.75) is 18.0 Å². The van der Waals surface area contributed by atoms with Crippen molar-refractivity contribution in [1.82, 2.24) is 9.66 Å². The summed E-state index contributed by atoms with van der Waals surface area (Å²) in [6.45, 7) is 1.97. The van der Waals surface area contributed by atoms with Gasteiger partial charge in [0.15, 0.2) is 0 Å². The Hall–Kier alpha value is -1.90. The molecule has 10 heteroatoms. The molecule has 4 nitrogen and oxygen atoms in total. The van der Waals surface area contributed by atoms with Crippen LogP contribution in [0, 0.1) is 0 Å². The van der Waals surface area contributed by atoms with Crippen molar-refractivity contribution in [3.8, 4) is 0 Å². The lowest BCUT2D eigenvalue weighted by Crippen LogP contribution is -2.27. The molecule has 0 saturated carbocycles. The predicted octanol–water partition coefficient (Wildman–Crippen LogP) is 5.71. The van der Waals surface area contributed by atoms with Crippen molar-refractivity contribution in [3.05, 3.63) is 62.6 Å². The van der Waals surface area contributed by atoms with Gasteiger partial charge in [0.05, 0.1) is 27.2 Å². The Morgan fingerprint density at radius 1 is 1.22 bits per heavy atom. The van der Waals surface area contributed by atoms with Crippen LogP contribution in [0.15, 0.2) is 46.3 Å². The monoisotopic (exact) mass is 433 g/mol. The lowest BCUT2D eigenvalue weighted by atomic mass is 10.1. The second-order valence-electron chi connectivity index (χ2n) is 5.46. The molecule has 0 unspecified atom stereocenters. The van der Waals surface area contributed by atoms with Crippen molar-refractivity contribution >= 4 is 51.6 Å². The van der Waals surface area contributed by atoms with E-state index in [4.69, 9.17) is 23.2 Å². The number of anilines is 1. The highest BCUT2D eigenvalue weighted by molar-refractivity contribution is 7.99. The first kappa shape index (κ1) is 19.9. The molecule has 0 fully saturated rings. The smallest absolute Gasteiger partial charge is 0.289 e. The van der Waals surface area contributed by atoms with E-state index in [-0.39, 0.29) is 15.9 Å². The fourth-order valence-electron chi connectivity index (χ4n) is 2.43. The van der Waals surface area contributed by atoms with Crippen LogP contribution >= 0.6 is 35.0 Å². The quantitative estimate of drug-likeness (QED) is 0.535. The number of aromatic nitrogens is 2. The molecule has 0 radical (unpaired) electrons. The summed E-state index contributed by atoms with van der Waals surface area (Å²) in [6, 6.07) is 6.61. The molecule has 0 spiro atoms. The lowest BCUT2D eigenvalue weighted by molar-refractivity contribution is -0.137. The average molecular weight is 434 g/mol. The first-order valence-electron chi connectivity index (χ1n) is 7.68. The Balaban J connectivity index is 2.13. The van der Waals surface area contributed by atoms with E-state index in [0.717, 1.165) is 27.5 Å². The van der Waals surface area contributed by atoms with E-state index < -0.39 is 17.3 Å². The second kappa shape index (κ2) is 7.61. The van der Waals surface area contributed by atoms with Crippen LogP contribution in [0.1, 0.15) is 12.5 Å². The highest BCUT2D eigenvalue weighted by atomic mass is 35.5. The molecule has 0 atom stereocenters. The Labute approximate surface area is 166 Å². The molecule has 0 saturated heterocycles. The van der Waals surface area contributed by atoms with E-state index in [1.165, 1.54) is 18.1 Å². The van der Waals surface area contributed by atoms with Crippen LogP contribution in [0.3, 0.4) is 0 Å². The third kappa shape index (κ3) is 4.17. The van der Waals surface area contributed by atoms with Gasteiger partial charge in [-0.3, -0.25) is 10.2 Å². The topological polar surface area (TPSA) is 46.9 Å². The van der Waals surface area contributed by atoms with Crippen LogP contribution in [0.25, 0.3) is 10.9 Å². The van der Waals surface area contributed by atoms with Crippen molar-refractivity contribution in [3.63, 3.8) is 0 Å². The molecule has 1 N–H and O–H groups in total. The molecule has 27 heavy (non-hydrogen) atoms. The van der Waals surface area contributed by atoms with Gasteiger partial charge in [-0.1, -0.05) is 30.1 Å². The average Bonchev–Trinajstić information content (AvgIpc) is 2.59. The summed E-state index contributed by atoms with van der Waals surface area (Å²) in [5, 5.41) is -0.0345. The number of hydrogen-bond acceptors (Lipinski definition) is 4. The standard InChI is InChI=1S/C17H12Cl2F3N3OS/c1-2-27-14-4-3-10(18)7-13(14)24-25-8-23-15-11(16(25)26)5-9(6-12(15)19)17(20,21)22/h3-8,24H,2H2,1H3. The molecule has 2 aromatic carbocycles. The van der Waals surface area contributed by atoms with E-state index in [1.54, 1.807) is 18.2 Å². The third-order valence-electron chi connectivity index (χ3n) is 3.62. The number of halogens is 5. The molecule has 0 amide bonds. The van der Waals surface area contributed by atoms with Gasteiger partial charge >= 0.3 is 6.18 Å². The first-order chi connectivity index (χ1) is 12.7. The van der Waals surface area contributed by atoms with Gasteiger partial charge in [0.2, 0.25) is 0 Å². The Kier molecular flexibility index (Phi) is 5.60. The van der Waals surface area contributed by atoms with Crippen LogP contribution in [0.5, 0.6) is 0 Å². The fourth-order valence-corrected chi connectivity index (χ4v) is 3.61. The van der Waals surface area contributed by atoms with Gasteiger partial charge in [-0.2, -0.15) is 13.2 Å². The molecular formula is C17H12Cl2F3N3OS. The number of nitrogens with zero attached hydrogens (tertiary/aromatic N) is 2. The van der Waals surface area contributed by atoms with Crippen molar-refractivity contribution in [2.24, 2.45) is 0 Å². The molecular weight excluding hydrogens is 422 g/mol. The van der Waals surface area contributed by atoms with Gasteiger partial charge in [0, 0.05) is 9.92 Å². The number of rotatable bonds is 4. The minimum atomic E-state index is -4.63. The normalized spacial score (nSPS) is 11.8. The maximum Gasteiger partial charge on any atom is 0.416 e. The zero-order valence-corrected chi connectivity index (χ0v) is 16.1. The van der Waals surface area contributed by atoms with E-state index in [0.29, 0.717) is 10.7 Å². The molecule has 0 bridgehead atoms. The van der Waals surface area contributed by atoms with Gasteiger partial charge < -0.3 is 0 Å². The van der Waals surface area contributed by atoms with Crippen molar-refractivity contribution < 1.29 is 13.2 Å². The van der Waals surface area contributed by atoms with Crippen LogP contribution < -0.4 is 11.0 Å². The number of hydrogen-bond donors (Lipinski definition) is 1. The van der Waals surface area contributed by atoms with E-state index in [9.17, 15) is 18.0 Å². The minimum Gasteiger partial charge on any atom is -0.289 e. The Bertz CT molecular complexity index is 1070. The highest BCUT2D eigenvalue weighted by Crippen LogP contribution is 2.34. The SMILES string of the molecule is CCSc1ccc(Cl)cc1Nn1cnc2c(Cl)cc(C(F)(F)F)cc2c1=O. The molecule has 3 aromatic rings. The zero-order valence-electron chi connectivity index (χ0n) is 13.8. The van der Waals surface area contributed by atoms with Gasteiger partial charge in [-0.25, -0.2) is 9.66 Å². The summed E-state index contributed by atoms with van der Waals surface area (Å²) >= 11 is 13.4. The lowest BCUT2D eigenvalue weighted by Gasteiger charge is -2.14. The number of benzene rings is 2. The third-order valence-corrected chi connectivity index (χ3v) is 5.10. The van der Waals surface area contributed by atoms with E-state index in [1.807, 2.05) is 6.92 Å². The van der Waals surface area contributed by atoms with Gasteiger partial charge in [0.25, 0.3) is 5.56 Å². The summed E-state index contributed by atoms with van der Waals surface area (Å²) in [4.78, 5) is 17.6. The van der Waals surface area contributed by atoms with Gasteiger partial charge in [-0.05, 0) is 36.1 Å². The number of thioether (sulfide) groups is 1. The zero-order chi connectivity index (χ0) is 19.8. The van der Waals surface area contributed by atoms with Crippen LogP contribution in [0.2, 0.25) is 10.0 Å². The summed E-state index contributed by atoms with van der Waals surface area (Å²) in [5.41, 5.74) is 1.67. The molecule has 0 aliphatic rings. The van der Waals surface area contributed by atoms with Crippen LogP contribution in [0.4, 0.5) is 18.9 Å². The molecule has 1 aromatic heterocycles. The summed E-state index contributed by atoms with van der Waals surface area (Å²) in [5.74, 6) is 0.783. The van der Waals surface area contributed by atoms with Gasteiger partial charge in [-0.15, -0.1) is 11.8 Å². The Morgan fingerprint density at radius 2 is 1.96 bits per heavy atom. The molecule has 0 aliphatic heterocycles. The summed E-state index contributed by atoms with van der Waals surface area (Å²) in [7, 11) is 0. The molecule has 3 rings (SSSR count). The van der Waals surface area contributed by atoms with E-state index in [2.05, 4.69) is 10.4 Å². The predicted molar refractivity (Wildman–Crippen MR) is 103 cm³/mol. The summed E-state index contributed by atoms with van der Waals surface area (Å²) < 4.78 is 40.1. The van der Waals surface area contributed by atoms with Crippen LogP contribution in [-0.2, 0) is 6.18 Å². The first-order valence-corrected chi connectivity index (χ1v) is 9.42.